The number of aliphatic hydroxyl groups excluding tert-OH is 1. The van der Waals surface area contributed by atoms with E-state index in [4.69, 9.17) is 9.84 Å². The van der Waals surface area contributed by atoms with Gasteiger partial charge in [-0.2, -0.15) is 13.2 Å². The van der Waals surface area contributed by atoms with Crippen LogP contribution in [0.1, 0.15) is 44.9 Å². The fourth-order valence-corrected chi connectivity index (χ4v) is 4.56. The number of aliphatic hydroxyl groups is 1. The third-order valence-corrected chi connectivity index (χ3v) is 6.50. The third-order valence-electron chi connectivity index (χ3n) is 6.50. The van der Waals surface area contributed by atoms with Gasteiger partial charge in [-0.25, -0.2) is 4.79 Å². The molecule has 1 aliphatic carbocycles. The van der Waals surface area contributed by atoms with E-state index >= 15 is 0 Å². The van der Waals surface area contributed by atoms with Gasteiger partial charge in [0.2, 0.25) is 12.0 Å². The molecule has 1 saturated carbocycles. The van der Waals surface area contributed by atoms with Gasteiger partial charge in [0.25, 0.3) is 0 Å². The monoisotopic (exact) mass is 422 g/mol. The van der Waals surface area contributed by atoms with Gasteiger partial charge in [-0.05, 0) is 32.1 Å². The van der Waals surface area contributed by atoms with Gasteiger partial charge < -0.3 is 24.4 Å². The van der Waals surface area contributed by atoms with Crippen molar-refractivity contribution in [1.29, 1.82) is 0 Å². The number of hydrogen-bond acceptors (Lipinski definition) is 5. The molecule has 29 heavy (non-hydrogen) atoms. The minimum absolute atomic E-state index is 0.0226. The zero-order valence-corrected chi connectivity index (χ0v) is 16.6. The number of likely N-dealkylation sites (tertiary alicyclic amines) is 1. The van der Waals surface area contributed by atoms with Crippen LogP contribution in [0.15, 0.2) is 0 Å². The second kappa shape index (κ2) is 8.67. The summed E-state index contributed by atoms with van der Waals surface area (Å²) in [5.41, 5.74) is -0.466. The van der Waals surface area contributed by atoms with Gasteiger partial charge in [-0.15, -0.1) is 0 Å². The normalized spacial score (nSPS) is 26.0. The number of carbonyl (C=O) groups excluding carboxylic acids is 2. The van der Waals surface area contributed by atoms with E-state index in [1.807, 2.05) is 7.05 Å². The first-order valence-corrected chi connectivity index (χ1v) is 10.2. The number of hydrogen-bond donors (Lipinski definition) is 1. The highest BCUT2D eigenvalue weighted by molar-refractivity contribution is 5.79. The molecule has 1 spiro atoms. The highest BCUT2D eigenvalue weighted by atomic mass is 19.4. The minimum atomic E-state index is -4.81. The van der Waals surface area contributed by atoms with Crippen molar-refractivity contribution in [1.82, 2.24) is 9.80 Å². The van der Waals surface area contributed by atoms with E-state index in [1.165, 1.54) is 4.90 Å². The van der Waals surface area contributed by atoms with Gasteiger partial charge in [-0.1, -0.05) is 12.8 Å². The van der Waals surface area contributed by atoms with E-state index in [-0.39, 0.29) is 31.0 Å². The van der Waals surface area contributed by atoms with Gasteiger partial charge in [0.15, 0.2) is 0 Å². The quantitative estimate of drug-likeness (QED) is 0.752. The molecule has 3 rings (SSSR count). The largest absolute Gasteiger partial charge is 0.434 e. The van der Waals surface area contributed by atoms with Gasteiger partial charge in [0.05, 0.1) is 24.9 Å². The Morgan fingerprint density at radius 1 is 1.28 bits per heavy atom. The van der Waals surface area contributed by atoms with Crippen LogP contribution >= 0.6 is 0 Å². The Balaban J connectivity index is 1.50. The summed E-state index contributed by atoms with van der Waals surface area (Å²) in [5, 5.41) is 8.81. The average Bonchev–Trinajstić information content (AvgIpc) is 3.35. The molecule has 10 heteroatoms. The number of rotatable bonds is 4. The molecule has 2 atom stereocenters. The molecule has 166 valence electrons. The Morgan fingerprint density at radius 3 is 2.45 bits per heavy atom. The summed E-state index contributed by atoms with van der Waals surface area (Å²) in [5.74, 6) is 0.262. The lowest BCUT2D eigenvalue weighted by molar-refractivity contribution is -0.215. The highest BCUT2D eigenvalue weighted by Crippen LogP contribution is 2.38. The number of carbonyl (C=O) groups is 2. The lowest BCUT2D eigenvalue weighted by Crippen LogP contribution is -2.49. The van der Waals surface area contributed by atoms with Crippen molar-refractivity contribution in [2.75, 3.05) is 33.4 Å². The molecular formula is C19H29F3N2O5. The molecule has 0 aromatic heterocycles. The average molecular weight is 422 g/mol. The summed E-state index contributed by atoms with van der Waals surface area (Å²) >= 11 is 0. The molecule has 3 fully saturated rings. The maximum absolute atomic E-state index is 12.7. The molecule has 3 aliphatic rings. The summed E-state index contributed by atoms with van der Waals surface area (Å²) in [6, 6.07) is -0.0226. The van der Waals surface area contributed by atoms with Crippen molar-refractivity contribution in [3.63, 3.8) is 0 Å². The molecule has 2 heterocycles. The van der Waals surface area contributed by atoms with E-state index < -0.39 is 30.6 Å². The lowest BCUT2D eigenvalue weighted by atomic mass is 9.87. The number of nitrogens with zero attached hydrogens (tertiary/aromatic N) is 2. The Hall–Kier alpha value is -1.55. The predicted octanol–water partition coefficient (Wildman–Crippen LogP) is 2.32. The standard InChI is InChI=1S/C19H29F3N2O5/c1-23(16(26)13-4-2-3-5-13)14-10-18(28-12-14)6-8-24(9-7-18)17(27)29-15(11-25)19(20,21)22/h13-15,25H,2-12H2,1H3/t14-,15-/m1/s1. The first-order chi connectivity index (χ1) is 13.6. The Bertz CT molecular complexity index is 601. The Kier molecular flexibility index (Phi) is 6.62. The van der Waals surface area contributed by atoms with Crippen molar-refractivity contribution < 1.29 is 37.3 Å². The molecule has 2 amide bonds. The fourth-order valence-electron chi connectivity index (χ4n) is 4.56. The zero-order chi connectivity index (χ0) is 21.2. The lowest BCUT2D eigenvalue weighted by Gasteiger charge is -2.38. The number of piperidine rings is 1. The van der Waals surface area contributed by atoms with E-state index in [1.54, 1.807) is 4.90 Å². The van der Waals surface area contributed by atoms with Crippen LogP contribution in [0.2, 0.25) is 0 Å². The SMILES string of the molecule is CN(C(=O)C1CCCC1)[C@H]1COC2(CCN(C(=O)O[C@H](CO)C(F)(F)F)CC2)C1. The fraction of sp³-hybridized carbons (Fsp3) is 0.895. The molecular weight excluding hydrogens is 393 g/mol. The summed E-state index contributed by atoms with van der Waals surface area (Å²) < 4.78 is 48.5. The summed E-state index contributed by atoms with van der Waals surface area (Å²) in [7, 11) is 1.81. The number of likely N-dealkylation sites (N-methyl/N-ethyl adjacent to an activating group) is 1. The topological polar surface area (TPSA) is 79.3 Å². The van der Waals surface area contributed by atoms with Crippen LogP contribution in [0.25, 0.3) is 0 Å². The Morgan fingerprint density at radius 2 is 1.90 bits per heavy atom. The zero-order valence-electron chi connectivity index (χ0n) is 16.6. The molecule has 0 aromatic rings. The summed E-state index contributed by atoms with van der Waals surface area (Å²) in [6.45, 7) is -0.455. The molecule has 2 saturated heterocycles. The van der Waals surface area contributed by atoms with Gasteiger partial charge in [0, 0.05) is 26.1 Å². The van der Waals surface area contributed by atoms with Crippen molar-refractivity contribution in [3.05, 3.63) is 0 Å². The van der Waals surface area contributed by atoms with Crippen LogP contribution in [-0.4, -0.2) is 84.2 Å². The summed E-state index contributed by atoms with van der Waals surface area (Å²) in [4.78, 5) is 27.7. The highest BCUT2D eigenvalue weighted by Gasteiger charge is 2.47. The first-order valence-electron chi connectivity index (χ1n) is 10.2. The van der Waals surface area contributed by atoms with Gasteiger partial charge in [-0.3, -0.25) is 4.79 Å². The van der Waals surface area contributed by atoms with Gasteiger partial charge in [0.1, 0.15) is 0 Å². The smallest absolute Gasteiger partial charge is 0.427 e. The van der Waals surface area contributed by atoms with Crippen LogP contribution < -0.4 is 0 Å². The van der Waals surface area contributed by atoms with Crippen molar-refractivity contribution in [3.8, 4) is 0 Å². The van der Waals surface area contributed by atoms with Crippen LogP contribution in [-0.2, 0) is 14.3 Å². The number of halogens is 3. The van der Waals surface area contributed by atoms with Crippen molar-refractivity contribution in [2.24, 2.45) is 5.92 Å². The second-order valence-electron chi connectivity index (χ2n) is 8.37. The van der Waals surface area contributed by atoms with Crippen molar-refractivity contribution in [2.45, 2.75) is 68.9 Å². The molecule has 0 aromatic carbocycles. The molecule has 0 bridgehead atoms. The Labute approximate surface area is 168 Å². The second-order valence-corrected chi connectivity index (χ2v) is 8.37. The van der Waals surface area contributed by atoms with Gasteiger partial charge >= 0.3 is 12.3 Å². The summed E-state index contributed by atoms with van der Waals surface area (Å²) in [6.07, 6.45) is -2.75. The molecule has 2 aliphatic heterocycles. The first kappa shape index (κ1) is 22.1. The van der Waals surface area contributed by atoms with E-state index in [9.17, 15) is 22.8 Å². The molecule has 1 N–H and O–H groups in total. The molecule has 0 radical (unpaired) electrons. The number of amides is 2. The molecule has 0 unspecified atom stereocenters. The number of ether oxygens (including phenoxy) is 2. The van der Waals surface area contributed by atoms with Crippen molar-refractivity contribution >= 4 is 12.0 Å². The third kappa shape index (κ3) is 4.96. The van der Waals surface area contributed by atoms with Crippen LogP contribution in [0.3, 0.4) is 0 Å². The van der Waals surface area contributed by atoms with Crippen LogP contribution in [0.4, 0.5) is 18.0 Å². The van der Waals surface area contributed by atoms with Crippen LogP contribution in [0, 0.1) is 5.92 Å². The number of alkyl halides is 3. The van der Waals surface area contributed by atoms with E-state index in [0.717, 1.165) is 25.7 Å². The maximum Gasteiger partial charge on any atom is 0.427 e. The predicted molar refractivity (Wildman–Crippen MR) is 96.0 cm³/mol. The minimum Gasteiger partial charge on any atom is -0.434 e. The maximum atomic E-state index is 12.7. The van der Waals surface area contributed by atoms with E-state index in [0.29, 0.717) is 25.9 Å². The van der Waals surface area contributed by atoms with E-state index in [2.05, 4.69) is 4.74 Å². The molecule has 7 nitrogen and oxygen atoms in total. The van der Waals surface area contributed by atoms with Crippen LogP contribution in [0.5, 0.6) is 0 Å².